The van der Waals surface area contributed by atoms with Crippen molar-refractivity contribution in [2.75, 3.05) is 0 Å². The molecule has 1 fully saturated rings. The van der Waals surface area contributed by atoms with Crippen molar-refractivity contribution in [1.82, 2.24) is 0 Å². The third-order valence-electron chi connectivity index (χ3n) is 1.03. The van der Waals surface area contributed by atoms with E-state index in [-0.39, 0.29) is 0 Å². The average Bonchev–Trinajstić information content (AvgIpc) is 2.47. The van der Waals surface area contributed by atoms with Crippen LogP contribution in [0.5, 0.6) is 0 Å². The summed E-state index contributed by atoms with van der Waals surface area (Å²) >= 11 is 0. The van der Waals surface area contributed by atoms with Crippen molar-refractivity contribution in [3.8, 4) is 0 Å². The van der Waals surface area contributed by atoms with E-state index in [1.54, 1.807) is 0 Å². The molecular weight excluding hydrogens is 149 g/mol. The van der Waals surface area contributed by atoms with Crippen LogP contribution in [0.1, 0.15) is 12.8 Å². The summed E-state index contributed by atoms with van der Waals surface area (Å²) < 4.78 is 38.1. The van der Waals surface area contributed by atoms with Crippen LogP contribution in [-0.2, 0) is 9.53 Å². The van der Waals surface area contributed by atoms with Gasteiger partial charge in [-0.2, -0.15) is 13.2 Å². The Kier molecular flexibility index (Phi) is 1.58. The predicted octanol–water partition coefficient (Wildman–Crippen LogP) is 1.25. The Bertz CT molecular complexity index is 147. The molecule has 10 heavy (non-hydrogen) atoms. The number of alkyl halides is 3. The van der Waals surface area contributed by atoms with Crippen LogP contribution in [-0.4, -0.2) is 18.2 Å². The van der Waals surface area contributed by atoms with E-state index in [4.69, 9.17) is 0 Å². The van der Waals surface area contributed by atoms with Gasteiger partial charge in [0.15, 0.2) is 0 Å². The van der Waals surface area contributed by atoms with Gasteiger partial charge in [-0.25, -0.2) is 4.79 Å². The molecule has 0 atom stereocenters. The van der Waals surface area contributed by atoms with E-state index < -0.39 is 18.2 Å². The Balaban J connectivity index is 2.32. The lowest BCUT2D eigenvalue weighted by Crippen LogP contribution is -2.25. The fraction of sp³-hybridized carbons (Fsp3) is 0.800. The van der Waals surface area contributed by atoms with Crippen molar-refractivity contribution in [3.05, 3.63) is 0 Å². The molecule has 0 aliphatic heterocycles. The molecule has 0 aromatic heterocycles. The molecule has 1 rings (SSSR count). The summed E-state index contributed by atoms with van der Waals surface area (Å²) in [6.07, 6.45) is -4.19. The zero-order valence-electron chi connectivity index (χ0n) is 4.94. The molecule has 58 valence electrons. The van der Waals surface area contributed by atoms with Crippen molar-refractivity contribution >= 4 is 5.97 Å². The van der Waals surface area contributed by atoms with E-state index in [1.807, 2.05) is 0 Å². The molecular formula is C5H5F3O2. The molecule has 5 heteroatoms. The summed E-state index contributed by atoms with van der Waals surface area (Å²) in [6, 6.07) is 0. The lowest BCUT2D eigenvalue weighted by Gasteiger charge is -2.04. The van der Waals surface area contributed by atoms with Gasteiger partial charge in [0.05, 0.1) is 0 Å². The smallest absolute Gasteiger partial charge is 0.456 e. The fourth-order valence-corrected chi connectivity index (χ4v) is 0.404. The van der Waals surface area contributed by atoms with Gasteiger partial charge in [0.25, 0.3) is 0 Å². The Morgan fingerprint density at radius 3 is 2.20 bits per heavy atom. The summed E-state index contributed by atoms with van der Waals surface area (Å²) in [4.78, 5) is 9.97. The molecule has 0 saturated heterocycles. The van der Waals surface area contributed by atoms with E-state index in [2.05, 4.69) is 4.74 Å². The topological polar surface area (TPSA) is 26.3 Å². The third kappa shape index (κ3) is 1.89. The van der Waals surface area contributed by atoms with Crippen molar-refractivity contribution in [2.24, 2.45) is 0 Å². The second-order valence-electron chi connectivity index (χ2n) is 2.10. The molecule has 0 N–H and O–H groups in total. The molecule has 0 spiro atoms. The van der Waals surface area contributed by atoms with Crippen molar-refractivity contribution in [1.29, 1.82) is 0 Å². The molecule has 0 amide bonds. The SMILES string of the molecule is O=C(OC1CC1)C(F)(F)F. The van der Waals surface area contributed by atoms with E-state index >= 15 is 0 Å². The minimum absolute atomic E-state index is 0.478. The first-order valence-electron chi connectivity index (χ1n) is 2.78. The van der Waals surface area contributed by atoms with Crippen molar-refractivity contribution < 1.29 is 22.7 Å². The Morgan fingerprint density at radius 2 is 1.90 bits per heavy atom. The lowest BCUT2D eigenvalue weighted by molar-refractivity contribution is -0.200. The van der Waals surface area contributed by atoms with Gasteiger partial charge in [-0.15, -0.1) is 0 Å². The molecule has 1 saturated carbocycles. The summed E-state index contributed by atoms with van der Waals surface area (Å²) in [5.41, 5.74) is 0. The quantitative estimate of drug-likeness (QED) is 0.531. The molecule has 0 radical (unpaired) electrons. The summed E-state index contributed by atoms with van der Waals surface area (Å²) in [5.74, 6) is -2.07. The monoisotopic (exact) mass is 154 g/mol. The maximum Gasteiger partial charge on any atom is 0.490 e. The predicted molar refractivity (Wildman–Crippen MR) is 25.2 cm³/mol. The number of rotatable bonds is 1. The maximum atomic E-state index is 11.4. The number of carbonyl (C=O) groups is 1. The number of ether oxygens (including phenoxy) is 1. The number of esters is 1. The number of halogens is 3. The van der Waals surface area contributed by atoms with Crippen LogP contribution in [0.2, 0.25) is 0 Å². The lowest BCUT2D eigenvalue weighted by atomic mass is 10.6. The zero-order chi connectivity index (χ0) is 7.78. The molecule has 1 aliphatic carbocycles. The van der Waals surface area contributed by atoms with Gasteiger partial charge in [0.1, 0.15) is 6.10 Å². The second kappa shape index (κ2) is 2.14. The first kappa shape index (κ1) is 7.37. The Labute approximate surface area is 55.0 Å². The first-order chi connectivity index (χ1) is 4.50. The van der Waals surface area contributed by atoms with Gasteiger partial charge in [-0.3, -0.25) is 0 Å². The highest BCUT2D eigenvalue weighted by atomic mass is 19.4. The van der Waals surface area contributed by atoms with Gasteiger partial charge in [0.2, 0.25) is 0 Å². The van der Waals surface area contributed by atoms with E-state index in [0.29, 0.717) is 12.8 Å². The van der Waals surface area contributed by atoms with Gasteiger partial charge >= 0.3 is 12.1 Å². The second-order valence-corrected chi connectivity index (χ2v) is 2.10. The maximum absolute atomic E-state index is 11.4. The summed E-state index contributed by atoms with van der Waals surface area (Å²) in [7, 11) is 0. The molecule has 1 aliphatic rings. The van der Waals surface area contributed by atoms with E-state index in [9.17, 15) is 18.0 Å². The van der Waals surface area contributed by atoms with Crippen LogP contribution in [0.4, 0.5) is 13.2 Å². The van der Waals surface area contributed by atoms with Gasteiger partial charge < -0.3 is 4.74 Å². The largest absolute Gasteiger partial charge is 0.490 e. The fourth-order valence-electron chi connectivity index (χ4n) is 0.404. The van der Waals surface area contributed by atoms with Crippen LogP contribution in [0.25, 0.3) is 0 Å². The Morgan fingerprint density at radius 1 is 1.40 bits per heavy atom. The average molecular weight is 154 g/mol. The standard InChI is InChI=1S/C5H5F3O2/c6-5(7,8)4(9)10-3-1-2-3/h3H,1-2H2. The highest BCUT2D eigenvalue weighted by molar-refractivity contribution is 5.75. The van der Waals surface area contributed by atoms with E-state index in [0.717, 1.165) is 0 Å². The third-order valence-corrected chi connectivity index (χ3v) is 1.03. The molecule has 0 aromatic rings. The van der Waals surface area contributed by atoms with Gasteiger partial charge in [0, 0.05) is 0 Å². The van der Waals surface area contributed by atoms with Crippen molar-refractivity contribution in [2.45, 2.75) is 25.1 Å². The minimum atomic E-state index is -4.83. The van der Waals surface area contributed by atoms with Crippen LogP contribution in [0.15, 0.2) is 0 Å². The van der Waals surface area contributed by atoms with Crippen LogP contribution in [0.3, 0.4) is 0 Å². The van der Waals surface area contributed by atoms with Gasteiger partial charge in [-0.1, -0.05) is 0 Å². The van der Waals surface area contributed by atoms with Crippen LogP contribution >= 0.6 is 0 Å². The molecule has 0 heterocycles. The first-order valence-corrected chi connectivity index (χ1v) is 2.78. The summed E-state index contributed by atoms with van der Waals surface area (Å²) in [5, 5.41) is 0. The van der Waals surface area contributed by atoms with E-state index in [1.165, 1.54) is 0 Å². The Hall–Kier alpha value is -0.740. The van der Waals surface area contributed by atoms with Gasteiger partial charge in [-0.05, 0) is 12.8 Å². The molecule has 2 nitrogen and oxygen atoms in total. The highest BCUT2D eigenvalue weighted by Crippen LogP contribution is 2.27. The molecule has 0 aromatic carbocycles. The van der Waals surface area contributed by atoms with Crippen LogP contribution in [0, 0.1) is 0 Å². The number of hydrogen-bond acceptors (Lipinski definition) is 2. The summed E-state index contributed by atoms with van der Waals surface area (Å²) in [6.45, 7) is 0. The minimum Gasteiger partial charge on any atom is -0.456 e. The number of hydrogen-bond donors (Lipinski definition) is 0. The highest BCUT2D eigenvalue weighted by Gasteiger charge is 2.43. The normalized spacial score (nSPS) is 18.7. The molecule has 0 unspecified atom stereocenters. The number of carbonyl (C=O) groups excluding carboxylic acids is 1. The molecule has 0 bridgehead atoms. The zero-order valence-corrected chi connectivity index (χ0v) is 4.94. The van der Waals surface area contributed by atoms with Crippen molar-refractivity contribution in [3.63, 3.8) is 0 Å². The van der Waals surface area contributed by atoms with Crippen LogP contribution < -0.4 is 0 Å².